The molecule has 0 bridgehead atoms. The smallest absolute Gasteiger partial charge is 0.306 e. The lowest BCUT2D eigenvalue weighted by atomic mass is 9.99. The molecule has 0 saturated heterocycles. The molecule has 1 heterocycles. The largest absolute Gasteiger partial charge is 0.456 e. The third kappa shape index (κ3) is 4.91. The van der Waals surface area contributed by atoms with Gasteiger partial charge in [-0.15, -0.1) is 0 Å². The number of benzene rings is 2. The average molecular weight is 363 g/mol. The maximum absolute atomic E-state index is 12.3. The SMILES string of the molecule is Cc1ccc(C)c(C(=O)CCC(=O)OCc2ncc(-c3ccccc3)o2)c1. The minimum atomic E-state index is -0.451. The minimum Gasteiger partial charge on any atom is -0.456 e. The lowest BCUT2D eigenvalue weighted by Crippen LogP contribution is -2.09. The van der Waals surface area contributed by atoms with Crippen LogP contribution in [0.4, 0.5) is 0 Å². The van der Waals surface area contributed by atoms with E-state index in [-0.39, 0.29) is 25.2 Å². The van der Waals surface area contributed by atoms with Crippen LogP contribution in [0.1, 0.15) is 40.2 Å². The Bertz CT molecular complexity index is 944. The van der Waals surface area contributed by atoms with E-state index in [0.29, 0.717) is 17.2 Å². The first-order valence-corrected chi connectivity index (χ1v) is 8.79. The predicted molar refractivity (Wildman–Crippen MR) is 101 cm³/mol. The summed E-state index contributed by atoms with van der Waals surface area (Å²) >= 11 is 0. The molecule has 1 aromatic heterocycles. The zero-order chi connectivity index (χ0) is 19.2. The van der Waals surface area contributed by atoms with Crippen molar-refractivity contribution in [3.05, 3.63) is 77.3 Å². The monoisotopic (exact) mass is 363 g/mol. The third-order valence-electron chi connectivity index (χ3n) is 4.22. The summed E-state index contributed by atoms with van der Waals surface area (Å²) in [5.74, 6) is 0.429. The van der Waals surface area contributed by atoms with Crippen molar-refractivity contribution in [2.45, 2.75) is 33.3 Å². The molecule has 0 aliphatic rings. The van der Waals surface area contributed by atoms with Gasteiger partial charge in [-0.3, -0.25) is 9.59 Å². The Morgan fingerprint density at radius 1 is 1.04 bits per heavy atom. The zero-order valence-corrected chi connectivity index (χ0v) is 15.4. The van der Waals surface area contributed by atoms with E-state index < -0.39 is 5.97 Å². The van der Waals surface area contributed by atoms with Gasteiger partial charge in [-0.05, 0) is 25.5 Å². The van der Waals surface area contributed by atoms with Gasteiger partial charge in [0.1, 0.15) is 0 Å². The second-order valence-electron chi connectivity index (χ2n) is 6.39. The number of nitrogens with zero attached hydrogens (tertiary/aromatic N) is 1. The number of hydrogen-bond acceptors (Lipinski definition) is 5. The summed E-state index contributed by atoms with van der Waals surface area (Å²) in [4.78, 5) is 28.4. The Labute approximate surface area is 158 Å². The Morgan fingerprint density at radius 2 is 1.81 bits per heavy atom. The maximum atomic E-state index is 12.3. The van der Waals surface area contributed by atoms with Gasteiger partial charge in [-0.25, -0.2) is 4.98 Å². The normalized spacial score (nSPS) is 10.6. The van der Waals surface area contributed by atoms with Gasteiger partial charge in [-0.1, -0.05) is 48.0 Å². The predicted octanol–water partition coefficient (Wildman–Crippen LogP) is 4.66. The third-order valence-corrected chi connectivity index (χ3v) is 4.22. The van der Waals surface area contributed by atoms with Gasteiger partial charge in [0.25, 0.3) is 0 Å². The highest BCUT2D eigenvalue weighted by molar-refractivity contribution is 5.98. The first kappa shape index (κ1) is 18.6. The van der Waals surface area contributed by atoms with E-state index in [4.69, 9.17) is 9.15 Å². The molecule has 0 amide bonds. The second kappa shape index (κ2) is 8.45. The van der Waals surface area contributed by atoms with Gasteiger partial charge in [-0.2, -0.15) is 0 Å². The van der Waals surface area contributed by atoms with E-state index in [2.05, 4.69) is 4.98 Å². The van der Waals surface area contributed by atoms with Crippen molar-refractivity contribution in [1.29, 1.82) is 0 Å². The molecule has 27 heavy (non-hydrogen) atoms. The van der Waals surface area contributed by atoms with Crippen LogP contribution in [0.3, 0.4) is 0 Å². The number of carbonyl (C=O) groups excluding carboxylic acids is 2. The number of esters is 1. The molecule has 2 aromatic carbocycles. The van der Waals surface area contributed by atoms with E-state index in [1.165, 1.54) is 0 Å². The fourth-order valence-electron chi connectivity index (χ4n) is 2.71. The van der Waals surface area contributed by atoms with Crippen molar-refractivity contribution in [3.63, 3.8) is 0 Å². The lowest BCUT2D eigenvalue weighted by Gasteiger charge is -2.06. The lowest BCUT2D eigenvalue weighted by molar-refractivity contribution is -0.145. The molecule has 5 heteroatoms. The van der Waals surface area contributed by atoms with Crippen LogP contribution >= 0.6 is 0 Å². The molecule has 3 rings (SSSR count). The first-order chi connectivity index (χ1) is 13.0. The van der Waals surface area contributed by atoms with Gasteiger partial charge in [0.2, 0.25) is 5.89 Å². The Hall–Kier alpha value is -3.21. The highest BCUT2D eigenvalue weighted by Gasteiger charge is 2.14. The summed E-state index contributed by atoms with van der Waals surface area (Å²) < 4.78 is 10.8. The number of carbonyl (C=O) groups is 2. The van der Waals surface area contributed by atoms with Crippen molar-refractivity contribution in [1.82, 2.24) is 4.98 Å². The van der Waals surface area contributed by atoms with Gasteiger partial charge >= 0.3 is 5.97 Å². The van der Waals surface area contributed by atoms with Crippen LogP contribution in [0.15, 0.2) is 59.1 Å². The van der Waals surface area contributed by atoms with Crippen LogP contribution in [-0.2, 0) is 16.1 Å². The van der Waals surface area contributed by atoms with Crippen LogP contribution in [0.25, 0.3) is 11.3 Å². The summed E-state index contributed by atoms with van der Waals surface area (Å²) in [5, 5.41) is 0. The number of Topliss-reactive ketones (excluding diaryl/α,β-unsaturated/α-hetero) is 1. The van der Waals surface area contributed by atoms with E-state index >= 15 is 0 Å². The molecule has 0 radical (unpaired) electrons. The number of oxazole rings is 1. The van der Waals surface area contributed by atoms with Crippen LogP contribution in [0.5, 0.6) is 0 Å². The summed E-state index contributed by atoms with van der Waals surface area (Å²) in [6.45, 7) is 3.77. The van der Waals surface area contributed by atoms with Crippen molar-refractivity contribution in [3.8, 4) is 11.3 Å². The van der Waals surface area contributed by atoms with Gasteiger partial charge < -0.3 is 9.15 Å². The van der Waals surface area contributed by atoms with Crippen molar-refractivity contribution in [2.75, 3.05) is 0 Å². The number of ketones is 1. The molecule has 0 N–H and O–H groups in total. The van der Waals surface area contributed by atoms with Crippen molar-refractivity contribution < 1.29 is 18.7 Å². The topological polar surface area (TPSA) is 69.4 Å². The van der Waals surface area contributed by atoms with Crippen molar-refractivity contribution >= 4 is 11.8 Å². The molecular weight excluding hydrogens is 342 g/mol. The van der Waals surface area contributed by atoms with E-state index in [1.54, 1.807) is 6.20 Å². The van der Waals surface area contributed by atoms with E-state index in [1.807, 2.05) is 62.4 Å². The Kier molecular flexibility index (Phi) is 5.81. The summed E-state index contributed by atoms with van der Waals surface area (Å²) in [6, 6.07) is 15.3. The summed E-state index contributed by atoms with van der Waals surface area (Å²) in [6.07, 6.45) is 1.74. The van der Waals surface area contributed by atoms with E-state index in [0.717, 1.165) is 16.7 Å². The number of aromatic nitrogens is 1. The molecule has 0 atom stereocenters. The maximum Gasteiger partial charge on any atom is 0.306 e. The van der Waals surface area contributed by atoms with Crippen molar-refractivity contribution in [2.24, 2.45) is 0 Å². The van der Waals surface area contributed by atoms with E-state index in [9.17, 15) is 9.59 Å². The molecule has 138 valence electrons. The summed E-state index contributed by atoms with van der Waals surface area (Å²) in [5.41, 5.74) is 3.49. The quantitative estimate of drug-likeness (QED) is 0.451. The molecule has 0 fully saturated rings. The number of hydrogen-bond donors (Lipinski definition) is 0. The molecule has 0 aliphatic carbocycles. The molecule has 0 unspecified atom stereocenters. The molecule has 0 spiro atoms. The number of aryl methyl sites for hydroxylation is 2. The fraction of sp³-hybridized carbons (Fsp3) is 0.227. The molecule has 0 aliphatic heterocycles. The molecule has 0 saturated carbocycles. The Morgan fingerprint density at radius 3 is 2.59 bits per heavy atom. The summed E-state index contributed by atoms with van der Waals surface area (Å²) in [7, 11) is 0. The highest BCUT2D eigenvalue weighted by atomic mass is 16.5. The highest BCUT2D eigenvalue weighted by Crippen LogP contribution is 2.20. The average Bonchev–Trinajstić information content (AvgIpc) is 3.16. The first-order valence-electron chi connectivity index (χ1n) is 8.79. The fourth-order valence-corrected chi connectivity index (χ4v) is 2.71. The van der Waals surface area contributed by atoms with Gasteiger partial charge in [0, 0.05) is 17.5 Å². The second-order valence-corrected chi connectivity index (χ2v) is 6.39. The molecule has 5 nitrogen and oxygen atoms in total. The number of ether oxygens (including phenoxy) is 1. The van der Waals surface area contributed by atoms with Gasteiger partial charge in [0.15, 0.2) is 18.2 Å². The minimum absolute atomic E-state index is 0.0263. The van der Waals surface area contributed by atoms with Crippen LogP contribution < -0.4 is 0 Å². The van der Waals surface area contributed by atoms with Crippen LogP contribution in [-0.4, -0.2) is 16.7 Å². The standard InChI is InChI=1S/C22H21NO4/c1-15-8-9-16(2)18(12-15)19(24)10-11-22(25)26-14-21-23-13-20(27-21)17-6-4-3-5-7-17/h3-9,12-13H,10-11,14H2,1-2H3. The van der Waals surface area contributed by atoms with Gasteiger partial charge in [0.05, 0.1) is 12.6 Å². The zero-order valence-electron chi connectivity index (χ0n) is 15.4. The van der Waals surface area contributed by atoms with Crippen LogP contribution in [0.2, 0.25) is 0 Å². The molecule has 3 aromatic rings. The number of rotatable bonds is 7. The Balaban J connectivity index is 1.49. The molecular formula is C22H21NO4. The van der Waals surface area contributed by atoms with Crippen LogP contribution in [0, 0.1) is 13.8 Å².